The van der Waals surface area contributed by atoms with Crippen molar-refractivity contribution in [2.24, 2.45) is 0 Å². The Hall–Kier alpha value is -2.89. The molecule has 4 nitrogen and oxygen atoms in total. The van der Waals surface area contributed by atoms with E-state index in [4.69, 9.17) is 23.8 Å². The summed E-state index contributed by atoms with van der Waals surface area (Å²) < 4.78 is 1.90. The van der Waals surface area contributed by atoms with Crippen molar-refractivity contribution in [2.75, 3.05) is 10.6 Å². The maximum absolute atomic E-state index is 5.90. The molecule has 134 valence electrons. The van der Waals surface area contributed by atoms with Crippen LogP contribution in [0.3, 0.4) is 0 Å². The minimum Gasteiger partial charge on any atom is -0.332 e. The third-order valence-electron chi connectivity index (χ3n) is 4.21. The van der Waals surface area contributed by atoms with Gasteiger partial charge in [-0.25, -0.2) is 0 Å². The standard InChI is InChI=1S/C21H17ClN4S/c22-17-8-10-18(11-9-17)24-21(27)25-19-12-23-26(14-19)13-16-6-3-5-15-4-1-2-7-20(15)16/h1-12,14H,13H2,(H2,24,25,27). The van der Waals surface area contributed by atoms with Gasteiger partial charge in [0, 0.05) is 16.9 Å². The van der Waals surface area contributed by atoms with E-state index in [1.807, 2.05) is 35.1 Å². The van der Waals surface area contributed by atoms with E-state index in [0.29, 0.717) is 16.7 Å². The summed E-state index contributed by atoms with van der Waals surface area (Å²) in [6.45, 7) is 0.695. The van der Waals surface area contributed by atoms with E-state index >= 15 is 0 Å². The highest BCUT2D eigenvalue weighted by atomic mass is 35.5. The first-order valence-electron chi connectivity index (χ1n) is 8.50. The van der Waals surface area contributed by atoms with Crippen LogP contribution in [-0.2, 0) is 6.54 Å². The summed E-state index contributed by atoms with van der Waals surface area (Å²) in [5.41, 5.74) is 2.94. The van der Waals surface area contributed by atoms with Crippen LogP contribution in [0.2, 0.25) is 5.02 Å². The van der Waals surface area contributed by atoms with Crippen molar-refractivity contribution in [2.45, 2.75) is 6.54 Å². The van der Waals surface area contributed by atoms with Gasteiger partial charge in [0.2, 0.25) is 0 Å². The Morgan fingerprint density at radius 3 is 2.52 bits per heavy atom. The number of benzene rings is 3. The molecule has 0 amide bonds. The highest BCUT2D eigenvalue weighted by Gasteiger charge is 2.05. The van der Waals surface area contributed by atoms with Gasteiger partial charge in [-0.3, -0.25) is 4.68 Å². The van der Waals surface area contributed by atoms with E-state index in [0.717, 1.165) is 11.4 Å². The van der Waals surface area contributed by atoms with E-state index in [2.05, 4.69) is 58.2 Å². The molecule has 0 saturated carbocycles. The summed E-state index contributed by atoms with van der Waals surface area (Å²) in [6, 6.07) is 22.1. The van der Waals surface area contributed by atoms with Crippen LogP contribution in [0.25, 0.3) is 10.8 Å². The van der Waals surface area contributed by atoms with Crippen molar-refractivity contribution >= 4 is 51.1 Å². The molecule has 3 aromatic carbocycles. The van der Waals surface area contributed by atoms with Crippen molar-refractivity contribution < 1.29 is 0 Å². The van der Waals surface area contributed by atoms with Crippen LogP contribution in [0.5, 0.6) is 0 Å². The van der Waals surface area contributed by atoms with E-state index in [-0.39, 0.29) is 0 Å². The van der Waals surface area contributed by atoms with Crippen molar-refractivity contribution in [3.05, 3.63) is 89.7 Å². The van der Waals surface area contributed by atoms with Gasteiger partial charge >= 0.3 is 0 Å². The molecule has 0 spiro atoms. The fourth-order valence-corrected chi connectivity index (χ4v) is 3.31. The third-order valence-corrected chi connectivity index (χ3v) is 4.66. The molecule has 0 aliphatic rings. The predicted molar refractivity (Wildman–Crippen MR) is 117 cm³/mol. The molecule has 1 aromatic heterocycles. The molecule has 0 aliphatic heterocycles. The molecular weight excluding hydrogens is 376 g/mol. The first-order valence-corrected chi connectivity index (χ1v) is 9.29. The number of hydrogen-bond acceptors (Lipinski definition) is 2. The van der Waals surface area contributed by atoms with Gasteiger partial charge in [-0.2, -0.15) is 5.10 Å². The minimum atomic E-state index is 0.502. The molecule has 1 heterocycles. The number of nitrogens with zero attached hydrogens (tertiary/aromatic N) is 2. The third kappa shape index (κ3) is 4.27. The molecule has 4 rings (SSSR count). The highest BCUT2D eigenvalue weighted by Crippen LogP contribution is 2.20. The molecule has 4 aromatic rings. The van der Waals surface area contributed by atoms with E-state index in [9.17, 15) is 0 Å². The van der Waals surface area contributed by atoms with Gasteiger partial charge in [-0.15, -0.1) is 0 Å². The summed E-state index contributed by atoms with van der Waals surface area (Å²) in [6.07, 6.45) is 3.71. The van der Waals surface area contributed by atoms with Crippen LogP contribution in [0, 0.1) is 0 Å². The molecule has 0 fully saturated rings. The lowest BCUT2D eigenvalue weighted by Gasteiger charge is -2.09. The normalized spacial score (nSPS) is 10.7. The minimum absolute atomic E-state index is 0.502. The summed E-state index contributed by atoms with van der Waals surface area (Å²) in [7, 11) is 0. The number of halogens is 1. The molecule has 6 heteroatoms. The maximum Gasteiger partial charge on any atom is 0.175 e. The van der Waals surface area contributed by atoms with Crippen LogP contribution < -0.4 is 10.6 Å². The number of rotatable bonds is 4. The van der Waals surface area contributed by atoms with Gasteiger partial charge < -0.3 is 10.6 Å². The Morgan fingerprint density at radius 2 is 1.67 bits per heavy atom. The molecule has 0 radical (unpaired) electrons. The van der Waals surface area contributed by atoms with Crippen LogP contribution in [0.1, 0.15) is 5.56 Å². The lowest BCUT2D eigenvalue weighted by Crippen LogP contribution is -2.18. The molecule has 2 N–H and O–H groups in total. The lowest BCUT2D eigenvalue weighted by atomic mass is 10.0. The molecule has 0 saturated heterocycles. The monoisotopic (exact) mass is 392 g/mol. The SMILES string of the molecule is S=C(Nc1ccc(Cl)cc1)Nc1cnn(Cc2cccc3ccccc23)c1. The number of fused-ring (bicyclic) bond motifs is 1. The van der Waals surface area contributed by atoms with Gasteiger partial charge in [0.25, 0.3) is 0 Å². The van der Waals surface area contributed by atoms with Crippen molar-refractivity contribution in [3.8, 4) is 0 Å². The first-order chi connectivity index (χ1) is 13.2. The molecular formula is C21H17ClN4S. The van der Waals surface area contributed by atoms with Gasteiger partial charge in [-0.05, 0) is 52.8 Å². The highest BCUT2D eigenvalue weighted by molar-refractivity contribution is 7.80. The van der Waals surface area contributed by atoms with Crippen LogP contribution >= 0.6 is 23.8 Å². The van der Waals surface area contributed by atoms with Crippen molar-refractivity contribution in [1.82, 2.24) is 9.78 Å². The largest absolute Gasteiger partial charge is 0.332 e. The molecule has 0 unspecified atom stereocenters. The van der Waals surface area contributed by atoms with E-state index < -0.39 is 0 Å². The smallest absolute Gasteiger partial charge is 0.175 e. The van der Waals surface area contributed by atoms with Gasteiger partial charge in [-0.1, -0.05) is 54.1 Å². The van der Waals surface area contributed by atoms with Crippen molar-refractivity contribution in [3.63, 3.8) is 0 Å². The zero-order valence-corrected chi connectivity index (χ0v) is 16.0. The fourth-order valence-electron chi connectivity index (χ4n) is 2.95. The second kappa shape index (κ2) is 7.78. The van der Waals surface area contributed by atoms with Gasteiger partial charge in [0.05, 0.1) is 18.4 Å². The maximum atomic E-state index is 5.90. The lowest BCUT2D eigenvalue weighted by molar-refractivity contribution is 0.690. The average molecular weight is 393 g/mol. The Morgan fingerprint density at radius 1 is 0.926 bits per heavy atom. The Kier molecular flexibility index (Phi) is 5.05. The zero-order chi connectivity index (χ0) is 18.6. The van der Waals surface area contributed by atoms with Crippen LogP contribution in [-0.4, -0.2) is 14.9 Å². The second-order valence-electron chi connectivity index (χ2n) is 6.15. The Bertz CT molecular complexity index is 1080. The average Bonchev–Trinajstić information content (AvgIpc) is 3.10. The molecule has 0 bridgehead atoms. The molecule has 27 heavy (non-hydrogen) atoms. The summed E-state index contributed by atoms with van der Waals surface area (Å²) in [5.74, 6) is 0. The number of thiocarbonyl (C=S) groups is 1. The number of anilines is 2. The van der Waals surface area contributed by atoms with E-state index in [1.165, 1.54) is 16.3 Å². The number of hydrogen-bond donors (Lipinski definition) is 2. The summed E-state index contributed by atoms with van der Waals surface area (Å²) in [4.78, 5) is 0. The zero-order valence-electron chi connectivity index (χ0n) is 14.4. The Labute approximate surface area is 167 Å². The summed E-state index contributed by atoms with van der Waals surface area (Å²) in [5, 5.41) is 14.4. The first kappa shape index (κ1) is 17.5. The van der Waals surface area contributed by atoms with Crippen molar-refractivity contribution in [1.29, 1.82) is 0 Å². The number of nitrogens with one attached hydrogen (secondary N) is 2. The Balaban J connectivity index is 1.44. The fraction of sp³-hybridized carbons (Fsp3) is 0.0476. The van der Waals surface area contributed by atoms with Crippen LogP contribution in [0.15, 0.2) is 79.1 Å². The van der Waals surface area contributed by atoms with Gasteiger partial charge in [0.15, 0.2) is 5.11 Å². The summed E-state index contributed by atoms with van der Waals surface area (Å²) >= 11 is 11.3. The second-order valence-corrected chi connectivity index (χ2v) is 7.00. The number of aromatic nitrogens is 2. The molecule has 0 atom stereocenters. The quantitative estimate of drug-likeness (QED) is 0.447. The van der Waals surface area contributed by atoms with Gasteiger partial charge in [0.1, 0.15) is 0 Å². The van der Waals surface area contributed by atoms with Crippen LogP contribution in [0.4, 0.5) is 11.4 Å². The topological polar surface area (TPSA) is 41.9 Å². The van der Waals surface area contributed by atoms with E-state index in [1.54, 1.807) is 6.20 Å². The predicted octanol–water partition coefficient (Wildman–Crippen LogP) is 5.55. The molecule has 0 aliphatic carbocycles.